The van der Waals surface area contributed by atoms with Crippen LogP contribution < -0.4 is 4.90 Å². The van der Waals surface area contributed by atoms with Crippen LogP contribution in [0.1, 0.15) is 12.0 Å². The standard InChI is InChI=1S/C17H15FN2O3/c18-16-5-10(20-7-11(8-21)23-17(20)22)1-2-12(16)9-3-13-14(4-9)15(13)6-19/h1-3,5,11,13-15,21H,4,7-8H2/t11-,13-,14+,15+/m1/s1. The topological polar surface area (TPSA) is 73.6 Å². The van der Waals surface area contributed by atoms with Gasteiger partial charge in [-0.25, -0.2) is 9.18 Å². The quantitative estimate of drug-likeness (QED) is 0.929. The first-order valence-corrected chi connectivity index (χ1v) is 7.61. The predicted molar refractivity (Wildman–Crippen MR) is 79.8 cm³/mol. The molecule has 0 bridgehead atoms. The van der Waals surface area contributed by atoms with Gasteiger partial charge in [-0.1, -0.05) is 6.08 Å². The minimum Gasteiger partial charge on any atom is -0.441 e. The fourth-order valence-electron chi connectivity index (χ4n) is 3.59. The number of hydrogen-bond donors (Lipinski definition) is 1. The van der Waals surface area contributed by atoms with E-state index in [0.29, 0.717) is 17.2 Å². The summed E-state index contributed by atoms with van der Waals surface area (Å²) in [6, 6.07) is 6.95. The number of nitrogens with zero attached hydrogens (tertiary/aromatic N) is 2. The zero-order valence-corrected chi connectivity index (χ0v) is 12.3. The molecule has 118 valence electrons. The summed E-state index contributed by atoms with van der Waals surface area (Å²) in [5.41, 5.74) is 1.89. The van der Waals surface area contributed by atoms with Crippen molar-refractivity contribution in [1.82, 2.24) is 0 Å². The minimum absolute atomic E-state index is 0.0934. The molecule has 2 fully saturated rings. The number of cyclic esters (lactones) is 1. The van der Waals surface area contributed by atoms with Crippen LogP contribution in [0.4, 0.5) is 14.9 Å². The predicted octanol–water partition coefficient (Wildman–Crippen LogP) is 2.32. The lowest BCUT2D eigenvalue weighted by atomic mass is 10.00. The molecule has 1 heterocycles. The largest absolute Gasteiger partial charge is 0.441 e. The second kappa shape index (κ2) is 5.07. The third kappa shape index (κ3) is 2.20. The summed E-state index contributed by atoms with van der Waals surface area (Å²) in [4.78, 5) is 13.1. The maximum absolute atomic E-state index is 14.4. The molecule has 4 atom stereocenters. The highest BCUT2D eigenvalue weighted by atomic mass is 19.1. The van der Waals surface area contributed by atoms with Crippen LogP contribution in [-0.2, 0) is 4.74 Å². The van der Waals surface area contributed by atoms with Gasteiger partial charge >= 0.3 is 6.09 Å². The molecule has 1 aromatic carbocycles. The Labute approximate surface area is 132 Å². The van der Waals surface area contributed by atoms with Crippen molar-refractivity contribution in [2.75, 3.05) is 18.1 Å². The van der Waals surface area contributed by atoms with Crippen molar-refractivity contribution < 1.29 is 19.0 Å². The lowest BCUT2D eigenvalue weighted by Crippen LogP contribution is -2.25. The molecule has 1 N–H and O–H groups in total. The van der Waals surface area contributed by atoms with Gasteiger partial charge in [0.2, 0.25) is 0 Å². The van der Waals surface area contributed by atoms with Gasteiger partial charge in [-0.3, -0.25) is 4.90 Å². The summed E-state index contributed by atoms with van der Waals surface area (Å²) in [5.74, 6) is 0.320. The molecule has 4 rings (SSSR count). The Kier molecular flexibility index (Phi) is 3.13. The highest BCUT2D eigenvalue weighted by molar-refractivity contribution is 5.90. The third-order valence-electron chi connectivity index (χ3n) is 4.92. The highest BCUT2D eigenvalue weighted by Gasteiger charge is 2.53. The molecule has 23 heavy (non-hydrogen) atoms. The van der Waals surface area contributed by atoms with Crippen LogP contribution in [0.3, 0.4) is 0 Å². The Morgan fingerprint density at radius 2 is 2.30 bits per heavy atom. The average molecular weight is 314 g/mol. The summed E-state index contributed by atoms with van der Waals surface area (Å²) in [7, 11) is 0. The Morgan fingerprint density at radius 3 is 2.87 bits per heavy atom. The number of amides is 1. The fraction of sp³-hybridized carbons (Fsp3) is 0.412. The number of aliphatic hydroxyl groups is 1. The van der Waals surface area contributed by atoms with Crippen LogP contribution in [0, 0.1) is 34.9 Å². The summed E-state index contributed by atoms with van der Waals surface area (Å²) < 4.78 is 19.4. The first kappa shape index (κ1) is 14.2. The monoisotopic (exact) mass is 314 g/mol. The molecule has 1 aliphatic heterocycles. The molecule has 0 spiro atoms. The Hall–Kier alpha value is -2.39. The summed E-state index contributed by atoms with van der Waals surface area (Å²) in [6.07, 6.45) is 1.59. The number of ether oxygens (including phenoxy) is 1. The lowest BCUT2D eigenvalue weighted by Gasteiger charge is -2.15. The van der Waals surface area contributed by atoms with Crippen LogP contribution >= 0.6 is 0 Å². The first-order valence-electron chi connectivity index (χ1n) is 7.61. The van der Waals surface area contributed by atoms with Crippen LogP contribution in [0.15, 0.2) is 24.3 Å². The van der Waals surface area contributed by atoms with E-state index in [1.54, 1.807) is 12.1 Å². The maximum Gasteiger partial charge on any atom is 0.414 e. The van der Waals surface area contributed by atoms with Gasteiger partial charge in [0.1, 0.15) is 11.9 Å². The number of carbonyl (C=O) groups is 1. The van der Waals surface area contributed by atoms with E-state index in [9.17, 15) is 9.18 Å². The number of aliphatic hydroxyl groups excluding tert-OH is 1. The molecule has 0 aromatic heterocycles. The number of hydrogen-bond acceptors (Lipinski definition) is 4. The molecule has 0 radical (unpaired) electrons. The van der Waals surface area contributed by atoms with E-state index in [-0.39, 0.29) is 30.8 Å². The molecule has 2 aliphatic carbocycles. The van der Waals surface area contributed by atoms with E-state index in [0.717, 1.165) is 12.0 Å². The molecular formula is C17H15FN2O3. The van der Waals surface area contributed by atoms with Crippen LogP contribution in [0.2, 0.25) is 0 Å². The molecule has 1 saturated heterocycles. The zero-order chi connectivity index (χ0) is 16.1. The van der Waals surface area contributed by atoms with Gasteiger partial charge in [0, 0.05) is 5.56 Å². The third-order valence-corrected chi connectivity index (χ3v) is 4.92. The van der Waals surface area contributed by atoms with Crippen molar-refractivity contribution in [3.8, 4) is 6.07 Å². The highest BCUT2D eigenvalue weighted by Crippen LogP contribution is 2.57. The number of benzene rings is 1. The first-order chi connectivity index (χ1) is 11.1. The Balaban J connectivity index is 1.56. The summed E-state index contributed by atoms with van der Waals surface area (Å²) >= 11 is 0. The summed E-state index contributed by atoms with van der Waals surface area (Å²) in [6.45, 7) is -0.0384. The van der Waals surface area contributed by atoms with Gasteiger partial charge in [-0.2, -0.15) is 5.26 Å². The van der Waals surface area contributed by atoms with Crippen molar-refractivity contribution >= 4 is 17.4 Å². The molecule has 5 nitrogen and oxygen atoms in total. The van der Waals surface area contributed by atoms with Crippen molar-refractivity contribution in [2.45, 2.75) is 12.5 Å². The van der Waals surface area contributed by atoms with Crippen molar-refractivity contribution in [2.24, 2.45) is 17.8 Å². The van der Waals surface area contributed by atoms with Gasteiger partial charge < -0.3 is 9.84 Å². The molecule has 3 aliphatic rings. The van der Waals surface area contributed by atoms with E-state index in [1.165, 1.54) is 11.0 Å². The molecular weight excluding hydrogens is 299 g/mol. The molecule has 0 unspecified atom stereocenters. The maximum atomic E-state index is 14.4. The zero-order valence-electron chi connectivity index (χ0n) is 12.3. The van der Waals surface area contributed by atoms with Gasteiger partial charge in [0.05, 0.1) is 30.8 Å². The van der Waals surface area contributed by atoms with Gasteiger partial charge in [0.15, 0.2) is 0 Å². The Morgan fingerprint density at radius 1 is 1.48 bits per heavy atom. The van der Waals surface area contributed by atoms with Gasteiger partial charge in [-0.15, -0.1) is 0 Å². The van der Waals surface area contributed by atoms with Gasteiger partial charge in [-0.05, 0) is 42.0 Å². The molecule has 1 amide bonds. The van der Waals surface area contributed by atoms with Crippen molar-refractivity contribution in [3.05, 3.63) is 35.7 Å². The smallest absolute Gasteiger partial charge is 0.414 e. The van der Waals surface area contributed by atoms with Crippen LogP contribution in [0.5, 0.6) is 0 Å². The number of fused-ring (bicyclic) bond motifs is 1. The van der Waals surface area contributed by atoms with E-state index in [2.05, 4.69) is 6.07 Å². The van der Waals surface area contributed by atoms with Crippen molar-refractivity contribution in [1.29, 1.82) is 5.26 Å². The van der Waals surface area contributed by atoms with Crippen molar-refractivity contribution in [3.63, 3.8) is 0 Å². The number of allylic oxidation sites excluding steroid dienone is 2. The number of carbonyl (C=O) groups excluding carboxylic acids is 1. The van der Waals surface area contributed by atoms with E-state index in [1.807, 2.05) is 6.08 Å². The number of rotatable bonds is 3. The number of anilines is 1. The fourth-order valence-corrected chi connectivity index (χ4v) is 3.59. The van der Waals surface area contributed by atoms with Gasteiger partial charge in [0.25, 0.3) is 0 Å². The number of halogens is 1. The molecule has 1 saturated carbocycles. The second-order valence-corrected chi connectivity index (χ2v) is 6.26. The van der Waals surface area contributed by atoms with E-state index >= 15 is 0 Å². The van der Waals surface area contributed by atoms with Crippen LogP contribution in [-0.4, -0.2) is 30.5 Å². The number of nitriles is 1. The minimum atomic E-state index is -0.575. The Bertz CT molecular complexity index is 755. The van der Waals surface area contributed by atoms with E-state index in [4.69, 9.17) is 15.1 Å². The lowest BCUT2D eigenvalue weighted by molar-refractivity contribution is 0.0963. The van der Waals surface area contributed by atoms with Crippen LogP contribution in [0.25, 0.3) is 5.57 Å². The second-order valence-electron chi connectivity index (χ2n) is 6.26. The molecule has 6 heteroatoms. The SMILES string of the molecule is N#C[C@H]1[C@@H]2C=C(c3ccc(N4C[C@H](CO)OC4=O)cc3F)C[C@H]12. The summed E-state index contributed by atoms with van der Waals surface area (Å²) in [5, 5.41) is 18.0. The average Bonchev–Trinajstić information content (AvgIpc) is 2.87. The normalized spacial score (nSPS) is 31.4. The van der Waals surface area contributed by atoms with E-state index < -0.39 is 12.2 Å². The molecule has 1 aromatic rings.